The molecule has 1 aromatic carbocycles. The molecule has 0 amide bonds. The van der Waals surface area contributed by atoms with Gasteiger partial charge in [0.25, 0.3) is 0 Å². The molecule has 0 aliphatic carbocycles. The van der Waals surface area contributed by atoms with Crippen LogP contribution in [0.5, 0.6) is 0 Å². The van der Waals surface area contributed by atoms with Crippen LogP contribution in [0.4, 0.5) is 0 Å². The fraction of sp³-hybridized carbons (Fsp3) is 0.538. The van der Waals surface area contributed by atoms with E-state index in [1.165, 1.54) is 12.8 Å². The average Bonchev–Trinajstić information content (AvgIpc) is 2.79. The number of hydrogen-bond donors (Lipinski definition) is 1. The lowest BCUT2D eigenvalue weighted by atomic mass is 10.1. The van der Waals surface area contributed by atoms with Gasteiger partial charge in [0, 0.05) is 23.2 Å². The fourth-order valence-corrected chi connectivity index (χ4v) is 2.52. The molecule has 1 fully saturated rings. The molecule has 4 heteroatoms. The second-order valence-corrected chi connectivity index (χ2v) is 5.17. The van der Waals surface area contributed by atoms with Gasteiger partial charge in [-0.25, -0.2) is 0 Å². The van der Waals surface area contributed by atoms with Crippen molar-refractivity contribution >= 4 is 23.2 Å². The third-order valence-corrected chi connectivity index (χ3v) is 3.57. The van der Waals surface area contributed by atoms with Crippen LogP contribution in [0.3, 0.4) is 0 Å². The van der Waals surface area contributed by atoms with Crippen LogP contribution in [0, 0.1) is 0 Å². The van der Waals surface area contributed by atoms with Gasteiger partial charge >= 0.3 is 0 Å². The van der Waals surface area contributed by atoms with E-state index in [0.29, 0.717) is 11.1 Å². The van der Waals surface area contributed by atoms with Crippen LogP contribution in [0.15, 0.2) is 18.2 Å². The Bertz CT molecular complexity index is 364. The zero-order valence-corrected chi connectivity index (χ0v) is 11.2. The van der Waals surface area contributed by atoms with Crippen LogP contribution in [-0.2, 0) is 11.2 Å². The monoisotopic (exact) mass is 273 g/mol. The minimum absolute atomic E-state index is 0.399. The lowest BCUT2D eigenvalue weighted by Crippen LogP contribution is -2.27. The smallest absolute Gasteiger partial charge is 0.0700 e. The van der Waals surface area contributed by atoms with E-state index in [1.807, 2.05) is 12.1 Å². The van der Waals surface area contributed by atoms with Gasteiger partial charge in [0.2, 0.25) is 0 Å². The first-order chi connectivity index (χ1) is 8.25. The Morgan fingerprint density at radius 3 is 2.94 bits per heavy atom. The third-order valence-electron chi connectivity index (χ3n) is 2.98. The molecule has 1 aliphatic rings. The number of ether oxygens (including phenoxy) is 1. The van der Waals surface area contributed by atoms with E-state index in [0.717, 1.165) is 36.7 Å². The van der Waals surface area contributed by atoms with Crippen molar-refractivity contribution in [2.24, 2.45) is 0 Å². The summed E-state index contributed by atoms with van der Waals surface area (Å²) in [5.74, 6) is 0. The van der Waals surface area contributed by atoms with Gasteiger partial charge in [0.1, 0.15) is 0 Å². The van der Waals surface area contributed by atoms with E-state index in [1.54, 1.807) is 6.07 Å². The van der Waals surface area contributed by atoms with Gasteiger partial charge < -0.3 is 10.1 Å². The Kier molecular flexibility index (Phi) is 5.11. The SMILES string of the molecule is Clc1ccc(CCNCC2CCCO2)c(Cl)c1. The van der Waals surface area contributed by atoms with E-state index in [-0.39, 0.29) is 0 Å². The van der Waals surface area contributed by atoms with Gasteiger partial charge in [-0.15, -0.1) is 0 Å². The molecule has 2 nitrogen and oxygen atoms in total. The molecular weight excluding hydrogens is 257 g/mol. The molecule has 0 spiro atoms. The van der Waals surface area contributed by atoms with Crippen molar-refractivity contribution in [3.63, 3.8) is 0 Å². The summed E-state index contributed by atoms with van der Waals surface area (Å²) in [7, 11) is 0. The Morgan fingerprint density at radius 2 is 2.24 bits per heavy atom. The van der Waals surface area contributed by atoms with Crippen molar-refractivity contribution in [3.05, 3.63) is 33.8 Å². The van der Waals surface area contributed by atoms with Crippen LogP contribution in [0.25, 0.3) is 0 Å². The van der Waals surface area contributed by atoms with Crippen molar-refractivity contribution in [1.82, 2.24) is 5.32 Å². The zero-order chi connectivity index (χ0) is 12.1. The van der Waals surface area contributed by atoms with E-state index >= 15 is 0 Å². The third kappa shape index (κ3) is 4.14. The van der Waals surface area contributed by atoms with Crippen LogP contribution >= 0.6 is 23.2 Å². The Labute approximate surface area is 112 Å². The lowest BCUT2D eigenvalue weighted by Gasteiger charge is -2.11. The van der Waals surface area contributed by atoms with Crippen LogP contribution in [-0.4, -0.2) is 25.8 Å². The van der Waals surface area contributed by atoms with Crippen LogP contribution < -0.4 is 5.32 Å². The normalized spacial score (nSPS) is 19.8. The average molecular weight is 274 g/mol. The molecule has 1 aromatic rings. The Hall–Kier alpha value is -0.280. The molecule has 1 aliphatic heterocycles. The lowest BCUT2D eigenvalue weighted by molar-refractivity contribution is 0.110. The van der Waals surface area contributed by atoms with Crippen LogP contribution in [0.1, 0.15) is 18.4 Å². The summed E-state index contributed by atoms with van der Waals surface area (Å²) in [6, 6.07) is 5.65. The molecule has 1 atom stereocenters. The molecule has 94 valence electrons. The van der Waals surface area contributed by atoms with Gasteiger partial charge in [-0.2, -0.15) is 0 Å². The molecule has 0 radical (unpaired) electrons. The maximum absolute atomic E-state index is 6.10. The second-order valence-electron chi connectivity index (χ2n) is 4.32. The minimum atomic E-state index is 0.399. The van der Waals surface area contributed by atoms with E-state index in [9.17, 15) is 0 Å². The summed E-state index contributed by atoms with van der Waals surface area (Å²) < 4.78 is 5.54. The van der Waals surface area contributed by atoms with Gasteiger partial charge in [-0.3, -0.25) is 0 Å². The summed E-state index contributed by atoms with van der Waals surface area (Å²) in [5.41, 5.74) is 1.14. The Balaban J connectivity index is 1.70. The van der Waals surface area contributed by atoms with Gasteiger partial charge in [0.15, 0.2) is 0 Å². The van der Waals surface area contributed by atoms with Gasteiger partial charge in [-0.1, -0.05) is 29.3 Å². The van der Waals surface area contributed by atoms with Gasteiger partial charge in [-0.05, 0) is 43.5 Å². The van der Waals surface area contributed by atoms with Crippen molar-refractivity contribution in [3.8, 4) is 0 Å². The maximum Gasteiger partial charge on any atom is 0.0700 e. The van der Waals surface area contributed by atoms with Crippen LogP contribution in [0.2, 0.25) is 10.0 Å². The highest BCUT2D eigenvalue weighted by atomic mass is 35.5. The summed E-state index contributed by atoms with van der Waals surface area (Å²) in [6.45, 7) is 2.77. The molecule has 0 aromatic heterocycles. The molecule has 2 rings (SSSR count). The first-order valence-electron chi connectivity index (χ1n) is 6.02. The summed E-state index contributed by atoms with van der Waals surface area (Å²) in [5, 5.41) is 4.83. The molecule has 17 heavy (non-hydrogen) atoms. The molecule has 0 bridgehead atoms. The first kappa shape index (κ1) is 13.2. The predicted molar refractivity (Wildman–Crippen MR) is 72.0 cm³/mol. The van der Waals surface area contributed by atoms with Crippen molar-refractivity contribution in [2.75, 3.05) is 19.7 Å². The van der Waals surface area contributed by atoms with Gasteiger partial charge in [0.05, 0.1) is 6.10 Å². The second kappa shape index (κ2) is 6.60. The summed E-state index contributed by atoms with van der Waals surface area (Å²) in [4.78, 5) is 0. The molecular formula is C13H17Cl2NO. The summed E-state index contributed by atoms with van der Waals surface area (Å²) >= 11 is 11.9. The van der Waals surface area contributed by atoms with Crippen molar-refractivity contribution in [1.29, 1.82) is 0 Å². The highest BCUT2D eigenvalue weighted by Gasteiger charge is 2.14. The maximum atomic E-state index is 6.10. The first-order valence-corrected chi connectivity index (χ1v) is 6.77. The van der Waals surface area contributed by atoms with Crippen molar-refractivity contribution < 1.29 is 4.74 Å². The quantitative estimate of drug-likeness (QED) is 0.832. The topological polar surface area (TPSA) is 21.3 Å². The molecule has 1 saturated heterocycles. The molecule has 1 heterocycles. The number of halogens is 2. The van der Waals surface area contributed by atoms with E-state index in [4.69, 9.17) is 27.9 Å². The standard InChI is InChI=1S/C13H17Cl2NO/c14-11-4-3-10(13(15)8-11)5-6-16-9-12-2-1-7-17-12/h3-4,8,12,16H,1-2,5-7,9H2. The number of hydrogen-bond acceptors (Lipinski definition) is 2. The number of rotatable bonds is 5. The highest BCUT2D eigenvalue weighted by Crippen LogP contribution is 2.21. The van der Waals surface area contributed by atoms with E-state index in [2.05, 4.69) is 5.32 Å². The largest absolute Gasteiger partial charge is 0.377 e. The predicted octanol–water partition coefficient (Wildman–Crippen LogP) is 3.30. The van der Waals surface area contributed by atoms with E-state index < -0.39 is 0 Å². The number of nitrogens with one attached hydrogen (secondary N) is 1. The highest BCUT2D eigenvalue weighted by molar-refractivity contribution is 6.35. The molecule has 1 unspecified atom stereocenters. The zero-order valence-electron chi connectivity index (χ0n) is 9.72. The minimum Gasteiger partial charge on any atom is -0.377 e. The van der Waals surface area contributed by atoms with Crippen molar-refractivity contribution in [2.45, 2.75) is 25.4 Å². The fourth-order valence-electron chi connectivity index (χ4n) is 2.02. The Morgan fingerprint density at radius 1 is 1.35 bits per heavy atom. The number of benzene rings is 1. The molecule has 0 saturated carbocycles. The summed E-state index contributed by atoms with van der Waals surface area (Å²) in [6.07, 6.45) is 3.68. The molecule has 1 N–H and O–H groups in total.